The van der Waals surface area contributed by atoms with E-state index in [4.69, 9.17) is 23.0 Å². The largest absolute Gasteiger partial charge is 0.507 e. The van der Waals surface area contributed by atoms with Gasteiger partial charge in [-0.15, -0.1) is 0 Å². The summed E-state index contributed by atoms with van der Waals surface area (Å²) in [6, 6.07) is 17.5. The van der Waals surface area contributed by atoms with Crippen LogP contribution in [0.1, 0.15) is 22.3 Å². The van der Waals surface area contributed by atoms with Gasteiger partial charge in [0.1, 0.15) is 22.8 Å². The van der Waals surface area contributed by atoms with Gasteiger partial charge in [0.2, 0.25) is 0 Å². The van der Waals surface area contributed by atoms with Gasteiger partial charge in [0.15, 0.2) is 11.3 Å². The number of carbonyl (C=O) groups excluding carboxylic acids is 1. The molecule has 3 aromatic carbocycles. The summed E-state index contributed by atoms with van der Waals surface area (Å²) in [7, 11) is 1.50. The molecule has 0 fully saturated rings. The van der Waals surface area contributed by atoms with Gasteiger partial charge in [-0.3, -0.25) is 0 Å². The highest BCUT2D eigenvalue weighted by Gasteiger charge is 2.36. The van der Waals surface area contributed by atoms with Crippen molar-refractivity contribution in [2.75, 3.05) is 7.11 Å². The van der Waals surface area contributed by atoms with Crippen molar-refractivity contribution in [1.82, 2.24) is 0 Å². The molecular weight excluding hydrogens is 556 g/mol. The minimum atomic E-state index is -1.05. The highest BCUT2D eigenvalue weighted by atomic mass is 16.7. The molecule has 10 nitrogen and oxygen atoms in total. The van der Waals surface area contributed by atoms with Crippen LogP contribution in [0.5, 0.6) is 17.2 Å². The van der Waals surface area contributed by atoms with Gasteiger partial charge in [0.05, 0.1) is 23.6 Å². The summed E-state index contributed by atoms with van der Waals surface area (Å²) in [6.07, 6.45) is 0.887. The topological polar surface area (TPSA) is 146 Å². The Morgan fingerprint density at radius 2 is 1.58 bits per heavy atom. The fourth-order valence-corrected chi connectivity index (χ4v) is 5.63. The van der Waals surface area contributed by atoms with E-state index in [-0.39, 0.29) is 34.7 Å². The van der Waals surface area contributed by atoms with Crippen molar-refractivity contribution in [2.24, 2.45) is 0 Å². The average molecular weight is 579 g/mol. The van der Waals surface area contributed by atoms with Crippen LogP contribution in [0.2, 0.25) is 0 Å². The lowest BCUT2D eigenvalue weighted by atomic mass is 9.93. The summed E-state index contributed by atoms with van der Waals surface area (Å²) < 4.78 is 27.9. The van der Waals surface area contributed by atoms with Crippen molar-refractivity contribution >= 4 is 33.7 Å². The van der Waals surface area contributed by atoms with Gasteiger partial charge >= 0.3 is 17.2 Å². The van der Waals surface area contributed by atoms with E-state index < -0.39 is 23.5 Å². The first kappa shape index (κ1) is 26.1. The molecule has 43 heavy (non-hydrogen) atoms. The first-order valence-electron chi connectivity index (χ1n) is 13.3. The lowest BCUT2D eigenvalue weighted by molar-refractivity contribution is -0.155. The number of ether oxygens (including phenoxy) is 3. The lowest BCUT2D eigenvalue weighted by Crippen LogP contribution is -2.34. The SMILES string of the molecule is COC1=C2C=C(Cc3cc(=O)oc4cccc(O)c34)C(=O)OC2Oc2ccc(Cc3cc(=O)oc4c(O)cccc34)cc21. The standard InChI is InChI=1S/C33H22O10/c1-39-30-21-11-16(10-17-14-28(37)42-31-20(17)4-2-6-24(31)35)8-9-25(21)41-33-22(30)13-19(32(38)43-33)12-18-15-27(36)40-26-7-3-5-23(34)29(18)26/h2-9,11,13-15,33-35H,10,12H2,1H3. The smallest absolute Gasteiger partial charge is 0.337 e. The summed E-state index contributed by atoms with van der Waals surface area (Å²) in [6.45, 7) is 0. The van der Waals surface area contributed by atoms with E-state index in [1.165, 1.54) is 31.4 Å². The number of phenolic OH excluding ortho intramolecular Hbond substituents is 2. The van der Waals surface area contributed by atoms with Crippen LogP contribution in [0.25, 0.3) is 27.7 Å². The number of phenols is 2. The molecule has 1 atom stereocenters. The van der Waals surface area contributed by atoms with Crippen molar-refractivity contribution in [3.63, 3.8) is 0 Å². The monoisotopic (exact) mass is 578 g/mol. The quantitative estimate of drug-likeness (QED) is 0.222. The van der Waals surface area contributed by atoms with Crippen LogP contribution in [0.3, 0.4) is 0 Å². The number of hydrogen-bond donors (Lipinski definition) is 2. The Hall–Kier alpha value is -5.77. The molecule has 0 radical (unpaired) electrons. The molecule has 0 amide bonds. The van der Waals surface area contributed by atoms with Crippen LogP contribution in [0, 0.1) is 0 Å². The molecule has 5 aromatic rings. The number of para-hydroxylation sites is 1. The van der Waals surface area contributed by atoms with E-state index in [1.54, 1.807) is 36.4 Å². The van der Waals surface area contributed by atoms with Crippen LogP contribution >= 0.6 is 0 Å². The Labute approximate surface area is 242 Å². The van der Waals surface area contributed by atoms with E-state index in [0.29, 0.717) is 51.0 Å². The first-order chi connectivity index (χ1) is 20.8. The van der Waals surface area contributed by atoms with Crippen LogP contribution < -0.4 is 16.0 Å². The third-order valence-electron chi connectivity index (χ3n) is 7.49. The predicted molar refractivity (Wildman–Crippen MR) is 154 cm³/mol. The maximum Gasteiger partial charge on any atom is 0.337 e. The van der Waals surface area contributed by atoms with Crippen molar-refractivity contribution in [3.05, 3.63) is 127 Å². The van der Waals surface area contributed by atoms with Gasteiger partial charge in [0, 0.05) is 29.5 Å². The molecule has 0 spiro atoms. The third-order valence-corrected chi connectivity index (χ3v) is 7.49. The predicted octanol–water partition coefficient (Wildman–Crippen LogP) is 4.70. The van der Waals surface area contributed by atoms with Crippen molar-refractivity contribution in [3.8, 4) is 17.2 Å². The van der Waals surface area contributed by atoms with Gasteiger partial charge in [0.25, 0.3) is 6.29 Å². The molecule has 0 saturated carbocycles. The molecule has 1 unspecified atom stereocenters. The zero-order chi connectivity index (χ0) is 29.8. The molecule has 2 aliphatic heterocycles. The molecule has 2 N–H and O–H groups in total. The summed E-state index contributed by atoms with van der Waals surface area (Å²) in [5.41, 5.74) is 2.31. The van der Waals surface area contributed by atoms with Gasteiger partial charge in [-0.05, 0) is 59.5 Å². The number of hydrogen-bond acceptors (Lipinski definition) is 10. The van der Waals surface area contributed by atoms with E-state index >= 15 is 0 Å². The molecule has 4 heterocycles. The molecular formula is C33H22O10. The van der Waals surface area contributed by atoms with E-state index in [1.807, 2.05) is 12.1 Å². The molecule has 2 aliphatic rings. The van der Waals surface area contributed by atoms with Crippen LogP contribution in [0.15, 0.2) is 102 Å². The molecule has 2 aromatic heterocycles. The Bertz CT molecular complexity index is 2170. The zero-order valence-corrected chi connectivity index (χ0v) is 22.6. The van der Waals surface area contributed by atoms with Gasteiger partial charge < -0.3 is 33.3 Å². The minimum Gasteiger partial charge on any atom is -0.507 e. The third kappa shape index (κ3) is 4.49. The number of methoxy groups -OCH3 is 1. The second-order valence-corrected chi connectivity index (χ2v) is 10.2. The van der Waals surface area contributed by atoms with E-state index in [0.717, 1.165) is 5.56 Å². The molecule has 0 aliphatic carbocycles. The minimum absolute atomic E-state index is 0.0187. The van der Waals surface area contributed by atoms with Gasteiger partial charge in [-0.25, -0.2) is 14.4 Å². The number of esters is 1. The molecule has 0 saturated heterocycles. The number of carbonyl (C=O) groups is 1. The molecule has 214 valence electrons. The lowest BCUT2D eigenvalue weighted by Gasteiger charge is -2.32. The van der Waals surface area contributed by atoms with E-state index in [9.17, 15) is 24.6 Å². The molecule has 7 rings (SSSR count). The average Bonchev–Trinajstić information content (AvgIpc) is 2.97. The second-order valence-electron chi connectivity index (χ2n) is 10.2. The molecule has 0 bridgehead atoms. The van der Waals surface area contributed by atoms with Crippen LogP contribution in [-0.2, 0) is 27.1 Å². The van der Waals surface area contributed by atoms with Gasteiger partial charge in [-0.2, -0.15) is 0 Å². The van der Waals surface area contributed by atoms with E-state index in [2.05, 4.69) is 0 Å². The van der Waals surface area contributed by atoms with Crippen molar-refractivity contribution in [1.29, 1.82) is 0 Å². The Morgan fingerprint density at radius 1 is 0.814 bits per heavy atom. The number of aromatic hydroxyl groups is 2. The number of fused-ring (bicyclic) bond motifs is 4. The Balaban J connectivity index is 1.29. The van der Waals surface area contributed by atoms with Crippen molar-refractivity contribution < 1.29 is 38.1 Å². The zero-order valence-electron chi connectivity index (χ0n) is 22.6. The highest BCUT2D eigenvalue weighted by Crippen LogP contribution is 2.41. The molecule has 10 heteroatoms. The normalized spacial score (nSPS) is 15.9. The maximum atomic E-state index is 13.0. The summed E-state index contributed by atoms with van der Waals surface area (Å²) >= 11 is 0. The number of rotatable bonds is 5. The number of benzene rings is 3. The Kier molecular flexibility index (Phi) is 6.05. The first-order valence-corrected chi connectivity index (χ1v) is 13.3. The fraction of sp³-hybridized carbons (Fsp3) is 0.121. The maximum absolute atomic E-state index is 13.0. The highest BCUT2D eigenvalue weighted by molar-refractivity contribution is 5.95. The summed E-state index contributed by atoms with van der Waals surface area (Å²) in [5.74, 6) is 0.0114. The fourth-order valence-electron chi connectivity index (χ4n) is 5.63. The Morgan fingerprint density at radius 3 is 2.42 bits per heavy atom. The van der Waals surface area contributed by atoms with Gasteiger partial charge in [-0.1, -0.05) is 24.3 Å². The van der Waals surface area contributed by atoms with Crippen LogP contribution in [0.4, 0.5) is 0 Å². The summed E-state index contributed by atoms with van der Waals surface area (Å²) in [5, 5.41) is 21.6. The van der Waals surface area contributed by atoms with Crippen LogP contribution in [-0.4, -0.2) is 29.6 Å². The second kappa shape index (κ2) is 9.95. The summed E-state index contributed by atoms with van der Waals surface area (Å²) in [4.78, 5) is 37.5. The van der Waals surface area contributed by atoms with Crippen molar-refractivity contribution in [2.45, 2.75) is 19.1 Å².